The van der Waals surface area contributed by atoms with Crippen LogP contribution in [0, 0.1) is 5.82 Å². The number of primary amides is 1. The second-order valence-electron chi connectivity index (χ2n) is 12.3. The van der Waals surface area contributed by atoms with E-state index in [2.05, 4.69) is 52.2 Å². The van der Waals surface area contributed by atoms with Gasteiger partial charge in [-0.05, 0) is 66.7 Å². The number of rotatable bonds is 12. The van der Waals surface area contributed by atoms with E-state index in [1.165, 1.54) is 12.1 Å². The van der Waals surface area contributed by atoms with Crippen molar-refractivity contribution in [3.63, 3.8) is 0 Å². The molecule has 0 aliphatic carbocycles. The molecule has 0 bridgehead atoms. The van der Waals surface area contributed by atoms with Crippen LogP contribution < -0.4 is 16.4 Å². The average molecular weight is 588 g/mol. The highest BCUT2D eigenvalue weighted by molar-refractivity contribution is 6.77. The fourth-order valence-electron chi connectivity index (χ4n) is 5.44. The van der Waals surface area contributed by atoms with Crippen molar-refractivity contribution in [3.8, 4) is 0 Å². The van der Waals surface area contributed by atoms with E-state index in [1.807, 2.05) is 24.3 Å². The number of nitrogens with one attached hydrogen (secondary N) is 2. The second-order valence-corrected chi connectivity index (χ2v) is 17.8. The van der Waals surface area contributed by atoms with Gasteiger partial charge in [0.2, 0.25) is 14.2 Å². The largest absolute Gasteiger partial charge is 0.444 e. The molecule has 0 aromatic heterocycles. The monoisotopic (exact) mass is 587 g/mol. The minimum absolute atomic E-state index is 0.0531. The summed E-state index contributed by atoms with van der Waals surface area (Å²) in [6, 6.07) is 11.2. The number of amides is 3. The van der Waals surface area contributed by atoms with Crippen molar-refractivity contribution in [2.24, 2.45) is 5.73 Å². The molecule has 0 saturated heterocycles. The van der Waals surface area contributed by atoms with E-state index in [4.69, 9.17) is 14.9 Å². The summed E-state index contributed by atoms with van der Waals surface area (Å²) >= 11 is 0. The molecule has 10 heteroatoms. The lowest BCUT2D eigenvalue weighted by Crippen LogP contribution is -2.47. The molecule has 0 fully saturated rings. The Balaban J connectivity index is 2.29. The Labute approximate surface area is 244 Å². The van der Waals surface area contributed by atoms with E-state index in [0.29, 0.717) is 28.8 Å². The summed E-state index contributed by atoms with van der Waals surface area (Å²) in [7, 11) is -2.05. The molecule has 0 radical (unpaired) electrons. The summed E-state index contributed by atoms with van der Waals surface area (Å²) < 4.78 is 26.3. The molecule has 0 aliphatic heterocycles. The van der Waals surface area contributed by atoms with Gasteiger partial charge in [0.25, 0.3) is 5.91 Å². The van der Waals surface area contributed by atoms with Gasteiger partial charge < -0.3 is 25.5 Å². The molecule has 41 heavy (non-hydrogen) atoms. The fourth-order valence-corrected chi connectivity index (χ4v) is 10.9. The third-order valence-corrected chi connectivity index (χ3v) is 13.3. The molecular formula is C31H46FN3O5Si. The lowest BCUT2D eigenvalue weighted by molar-refractivity contribution is -0.117. The van der Waals surface area contributed by atoms with Crippen LogP contribution in [-0.4, -0.2) is 38.4 Å². The molecular weight excluding hydrogens is 541 g/mol. The van der Waals surface area contributed by atoms with Crippen LogP contribution in [0.3, 0.4) is 0 Å². The molecule has 2 rings (SSSR count). The maximum atomic E-state index is 14.3. The first-order valence-electron chi connectivity index (χ1n) is 14.1. The van der Waals surface area contributed by atoms with Gasteiger partial charge in [0, 0.05) is 12.2 Å². The average Bonchev–Trinajstić information content (AvgIpc) is 2.83. The van der Waals surface area contributed by atoms with Crippen LogP contribution in [0.15, 0.2) is 42.5 Å². The molecule has 2 aromatic carbocycles. The number of benzene rings is 2. The van der Waals surface area contributed by atoms with Crippen molar-refractivity contribution in [2.75, 3.05) is 11.9 Å². The topological polar surface area (TPSA) is 120 Å². The predicted molar refractivity (Wildman–Crippen MR) is 163 cm³/mol. The van der Waals surface area contributed by atoms with Crippen molar-refractivity contribution in [3.05, 3.63) is 65.0 Å². The first-order valence-corrected chi connectivity index (χ1v) is 16.2. The molecule has 4 N–H and O–H groups in total. The predicted octanol–water partition coefficient (Wildman–Crippen LogP) is 6.86. The first-order chi connectivity index (χ1) is 19.0. The summed E-state index contributed by atoms with van der Waals surface area (Å²) in [6.45, 7) is 19.1. The van der Waals surface area contributed by atoms with Crippen LogP contribution in [0.2, 0.25) is 16.6 Å². The van der Waals surface area contributed by atoms with Gasteiger partial charge in [-0.1, -0.05) is 65.8 Å². The fraction of sp³-hybridized carbons (Fsp3) is 0.516. The molecule has 2 aromatic rings. The van der Waals surface area contributed by atoms with Crippen LogP contribution in [0.25, 0.3) is 0 Å². The first kappa shape index (κ1) is 34.0. The Morgan fingerprint density at radius 1 is 0.927 bits per heavy atom. The highest BCUT2D eigenvalue weighted by Crippen LogP contribution is 2.42. The molecule has 0 saturated carbocycles. The number of anilines is 1. The van der Waals surface area contributed by atoms with Gasteiger partial charge in [0.1, 0.15) is 11.4 Å². The zero-order valence-corrected chi connectivity index (χ0v) is 26.8. The van der Waals surface area contributed by atoms with Crippen molar-refractivity contribution in [2.45, 2.75) is 97.1 Å². The van der Waals surface area contributed by atoms with Gasteiger partial charge in [-0.2, -0.15) is 0 Å². The zero-order chi connectivity index (χ0) is 31.1. The lowest BCUT2D eigenvalue weighted by Gasteiger charge is -2.42. The number of nitrogens with two attached hydrogens (primary N) is 1. The maximum absolute atomic E-state index is 14.3. The summed E-state index contributed by atoms with van der Waals surface area (Å²) in [6.07, 6.45) is -0.658. The van der Waals surface area contributed by atoms with Crippen LogP contribution in [0.4, 0.5) is 14.9 Å². The molecule has 0 heterocycles. The Kier molecular flexibility index (Phi) is 11.7. The number of carbonyl (C=O) groups is 3. The van der Waals surface area contributed by atoms with E-state index in [-0.39, 0.29) is 17.8 Å². The van der Waals surface area contributed by atoms with Gasteiger partial charge in [0.05, 0.1) is 18.1 Å². The highest BCUT2D eigenvalue weighted by atomic mass is 28.4. The van der Waals surface area contributed by atoms with Crippen molar-refractivity contribution in [1.29, 1.82) is 0 Å². The minimum atomic E-state index is -2.05. The summed E-state index contributed by atoms with van der Waals surface area (Å²) in [5.74, 6) is -3.03. The zero-order valence-electron chi connectivity index (χ0n) is 25.8. The van der Waals surface area contributed by atoms with Crippen LogP contribution in [-0.2, 0) is 20.6 Å². The van der Waals surface area contributed by atoms with E-state index >= 15 is 0 Å². The molecule has 0 spiro atoms. The molecule has 226 valence electrons. The number of hydrogen-bond acceptors (Lipinski definition) is 5. The summed E-state index contributed by atoms with van der Waals surface area (Å²) in [4.78, 5) is 37.1. The molecule has 0 aliphatic rings. The number of halogens is 1. The van der Waals surface area contributed by atoms with E-state index in [9.17, 15) is 18.8 Å². The van der Waals surface area contributed by atoms with Gasteiger partial charge >= 0.3 is 6.09 Å². The number of ether oxygens (including phenoxy) is 1. The van der Waals surface area contributed by atoms with Crippen molar-refractivity contribution < 1.29 is 27.9 Å². The standard InChI is InChI=1S/C31H46FN3O5Si/c1-19(2)41(20(3)4,21(5)6)39-18-22-10-12-23(13-11-22)26(17-34-30(38)40-31(7,8)9)29(37)35-24-14-15-25(28(33)36)27(32)16-24/h10-16,19-21,26H,17-18H2,1-9H3,(H2,33,36)(H,34,38)(H,35,37). The van der Waals surface area contributed by atoms with Gasteiger partial charge in [-0.15, -0.1) is 0 Å². The third-order valence-electron chi connectivity index (χ3n) is 7.25. The van der Waals surface area contributed by atoms with Crippen LogP contribution in [0.5, 0.6) is 0 Å². The lowest BCUT2D eigenvalue weighted by atomic mass is 9.96. The molecule has 1 unspecified atom stereocenters. The van der Waals surface area contributed by atoms with E-state index in [0.717, 1.165) is 11.6 Å². The second kappa shape index (κ2) is 14.1. The van der Waals surface area contributed by atoms with E-state index in [1.54, 1.807) is 20.8 Å². The van der Waals surface area contributed by atoms with Gasteiger partial charge in [-0.3, -0.25) is 9.59 Å². The van der Waals surface area contributed by atoms with E-state index < -0.39 is 43.6 Å². The van der Waals surface area contributed by atoms with Crippen LogP contribution >= 0.6 is 0 Å². The number of carbonyl (C=O) groups excluding carboxylic acids is 3. The van der Waals surface area contributed by atoms with Crippen LogP contribution in [0.1, 0.15) is 89.7 Å². The van der Waals surface area contributed by atoms with Crippen molar-refractivity contribution >= 4 is 31.9 Å². The molecule has 3 amide bonds. The Morgan fingerprint density at radius 2 is 1.49 bits per heavy atom. The normalized spacial score (nSPS) is 12.9. The smallest absolute Gasteiger partial charge is 0.407 e. The molecule has 1 atom stereocenters. The highest BCUT2D eigenvalue weighted by Gasteiger charge is 2.45. The quantitative estimate of drug-likeness (QED) is 0.234. The SMILES string of the molecule is CC(C)[Si](OCc1ccc(C(CNC(=O)OC(C)(C)C)C(=O)Nc2ccc(C(N)=O)c(F)c2)cc1)(C(C)C)C(C)C. The molecule has 8 nitrogen and oxygen atoms in total. The Bertz CT molecular complexity index is 1190. The van der Waals surface area contributed by atoms with Gasteiger partial charge in [0.15, 0.2) is 0 Å². The number of alkyl carbamates (subject to hydrolysis) is 1. The minimum Gasteiger partial charge on any atom is -0.444 e. The summed E-state index contributed by atoms with van der Waals surface area (Å²) in [5.41, 5.74) is 7.35. The maximum Gasteiger partial charge on any atom is 0.407 e. The third kappa shape index (κ3) is 9.13. The van der Waals surface area contributed by atoms with Gasteiger partial charge in [-0.25, -0.2) is 9.18 Å². The summed E-state index contributed by atoms with van der Waals surface area (Å²) in [5, 5.41) is 5.33. The Morgan fingerprint density at radius 3 is 1.95 bits per heavy atom. The number of hydrogen-bond donors (Lipinski definition) is 3. The Hall–Kier alpha value is -3.24. The van der Waals surface area contributed by atoms with Crippen molar-refractivity contribution in [1.82, 2.24) is 5.32 Å².